The number of aryl methyl sites for hydroxylation is 1. The molecule has 0 aliphatic carbocycles. The summed E-state index contributed by atoms with van der Waals surface area (Å²) in [6.45, 7) is 5.73. The lowest BCUT2D eigenvalue weighted by molar-refractivity contribution is -0.0907. The van der Waals surface area contributed by atoms with E-state index in [0.29, 0.717) is 36.9 Å². The lowest BCUT2D eigenvalue weighted by Crippen LogP contribution is -2.51. The summed E-state index contributed by atoms with van der Waals surface area (Å²) in [5.74, 6) is 1.38. The molecule has 3 aliphatic heterocycles. The molecule has 6 rings (SSSR count). The Morgan fingerprint density at radius 1 is 1.12 bits per heavy atom. The molecule has 0 spiro atoms. The third-order valence-corrected chi connectivity index (χ3v) is 10.5. The monoisotopic (exact) mass is 700 g/mol. The summed E-state index contributed by atoms with van der Waals surface area (Å²) in [6, 6.07) is 10.9. The zero-order valence-electron chi connectivity index (χ0n) is 27.7. The van der Waals surface area contributed by atoms with Crippen molar-refractivity contribution in [1.29, 1.82) is 0 Å². The van der Waals surface area contributed by atoms with E-state index in [4.69, 9.17) is 28.4 Å². The fraction of sp³-hybridized carbons (Fsp3) is 0.529. The van der Waals surface area contributed by atoms with Crippen molar-refractivity contribution in [2.24, 2.45) is 11.8 Å². The molecule has 49 heavy (non-hydrogen) atoms. The predicted octanol–water partition coefficient (Wildman–Crippen LogP) is 3.19. The molecule has 266 valence electrons. The number of carbonyl (C=O) groups is 1. The highest BCUT2D eigenvalue weighted by atomic mass is 32.2. The molecule has 3 aliphatic rings. The smallest absolute Gasteiger partial charge is 0.407 e. The van der Waals surface area contributed by atoms with Crippen LogP contribution in [0.2, 0.25) is 0 Å². The second-order valence-corrected chi connectivity index (χ2v) is 14.8. The maximum Gasteiger partial charge on any atom is 0.407 e. The van der Waals surface area contributed by atoms with Crippen LogP contribution in [-0.4, -0.2) is 97.7 Å². The number of aliphatic hydroxyl groups is 1. The number of imidazole rings is 1. The van der Waals surface area contributed by atoms with Crippen molar-refractivity contribution >= 4 is 16.1 Å². The van der Waals surface area contributed by atoms with Gasteiger partial charge in [0.05, 0.1) is 49.1 Å². The van der Waals surface area contributed by atoms with E-state index in [2.05, 4.69) is 10.3 Å². The molecule has 2 N–H and O–H groups in total. The van der Waals surface area contributed by atoms with Crippen LogP contribution in [0.4, 0.5) is 4.79 Å². The van der Waals surface area contributed by atoms with Crippen molar-refractivity contribution in [3.8, 4) is 17.2 Å². The molecule has 0 saturated carbocycles. The third kappa shape index (κ3) is 8.83. The topological polar surface area (TPSA) is 160 Å². The van der Waals surface area contributed by atoms with Crippen LogP contribution in [0.1, 0.15) is 32.3 Å². The molecule has 5 unspecified atom stereocenters. The molecule has 0 radical (unpaired) electrons. The van der Waals surface area contributed by atoms with Gasteiger partial charge >= 0.3 is 6.09 Å². The van der Waals surface area contributed by atoms with Gasteiger partial charge in [-0.25, -0.2) is 18.2 Å². The molecule has 14 nitrogen and oxygen atoms in total. The number of aliphatic hydroxyl groups excluding tert-OH is 1. The Hall–Kier alpha value is -3.89. The molecule has 2 aromatic carbocycles. The van der Waals surface area contributed by atoms with Gasteiger partial charge in [0.25, 0.3) is 0 Å². The first-order chi connectivity index (χ1) is 23.7. The Kier molecular flexibility index (Phi) is 11.2. The molecule has 3 aromatic rings. The number of nitrogens with zero attached hydrogens (tertiary/aromatic N) is 3. The molecule has 1 amide bonds. The Bertz CT molecular complexity index is 1640. The molecule has 1 aromatic heterocycles. The third-order valence-electron chi connectivity index (χ3n) is 8.72. The second-order valence-electron chi connectivity index (χ2n) is 12.9. The minimum Gasteiger partial charge on any atom is -0.494 e. The van der Waals surface area contributed by atoms with E-state index in [1.54, 1.807) is 18.6 Å². The van der Waals surface area contributed by atoms with Crippen LogP contribution < -0.4 is 19.5 Å². The number of nitrogens with one attached hydrogen (secondary N) is 1. The summed E-state index contributed by atoms with van der Waals surface area (Å²) in [7, 11) is -4.07. The van der Waals surface area contributed by atoms with Gasteiger partial charge in [-0.15, -0.1) is 0 Å². The summed E-state index contributed by atoms with van der Waals surface area (Å²) in [4.78, 5) is 17.3. The number of ether oxygens (including phenoxy) is 6. The van der Waals surface area contributed by atoms with Gasteiger partial charge in [-0.2, -0.15) is 4.31 Å². The molecule has 0 bridgehead atoms. The largest absolute Gasteiger partial charge is 0.494 e. The van der Waals surface area contributed by atoms with Crippen LogP contribution in [0.25, 0.3) is 0 Å². The van der Waals surface area contributed by atoms with E-state index in [0.717, 1.165) is 18.5 Å². The van der Waals surface area contributed by atoms with E-state index in [-0.39, 0.29) is 49.6 Å². The zero-order valence-corrected chi connectivity index (χ0v) is 28.5. The van der Waals surface area contributed by atoms with E-state index < -0.39 is 40.7 Å². The maximum atomic E-state index is 13.9. The van der Waals surface area contributed by atoms with E-state index in [1.165, 1.54) is 16.4 Å². The van der Waals surface area contributed by atoms with E-state index in [9.17, 15) is 18.3 Å². The quantitative estimate of drug-likeness (QED) is 0.211. The molecular formula is C34H44N4O10S. The summed E-state index contributed by atoms with van der Waals surface area (Å²) in [5.41, 5.74) is 0.803. The summed E-state index contributed by atoms with van der Waals surface area (Å²) >= 11 is 0. The van der Waals surface area contributed by atoms with Crippen molar-refractivity contribution in [2.75, 3.05) is 39.7 Å². The van der Waals surface area contributed by atoms with Crippen LogP contribution in [0, 0.1) is 11.8 Å². The zero-order chi connectivity index (χ0) is 34.4. The number of rotatable bonds is 16. The van der Waals surface area contributed by atoms with Crippen LogP contribution in [0.15, 0.2) is 66.1 Å². The lowest BCUT2D eigenvalue weighted by Gasteiger charge is -2.31. The molecule has 4 heterocycles. The van der Waals surface area contributed by atoms with Gasteiger partial charge < -0.3 is 43.4 Å². The summed E-state index contributed by atoms with van der Waals surface area (Å²) < 4.78 is 64.6. The van der Waals surface area contributed by atoms with Crippen LogP contribution in [-0.2, 0) is 37.2 Å². The van der Waals surface area contributed by atoms with Gasteiger partial charge in [0.1, 0.15) is 11.9 Å². The van der Waals surface area contributed by atoms with Gasteiger partial charge in [0, 0.05) is 38.1 Å². The number of benzene rings is 2. The molecule has 5 atom stereocenters. The average Bonchev–Trinajstić information content (AvgIpc) is 3.90. The fourth-order valence-electron chi connectivity index (χ4n) is 6.19. The highest BCUT2D eigenvalue weighted by Crippen LogP contribution is 2.35. The second kappa shape index (κ2) is 15.8. The molecular weight excluding hydrogens is 656 g/mol. The predicted molar refractivity (Wildman–Crippen MR) is 176 cm³/mol. The number of fused-ring (bicyclic) bond motifs is 2. The van der Waals surface area contributed by atoms with Crippen molar-refractivity contribution in [1.82, 2.24) is 19.2 Å². The Morgan fingerprint density at radius 2 is 1.94 bits per heavy atom. The van der Waals surface area contributed by atoms with Crippen molar-refractivity contribution in [3.05, 3.63) is 66.7 Å². The number of hydrogen-bond acceptors (Lipinski definition) is 11. The summed E-state index contributed by atoms with van der Waals surface area (Å²) in [5, 5.41) is 14.5. The summed E-state index contributed by atoms with van der Waals surface area (Å²) in [6.07, 6.45) is 4.23. The minimum atomic E-state index is -4.07. The first-order valence-corrected chi connectivity index (χ1v) is 18.1. The van der Waals surface area contributed by atoms with Crippen molar-refractivity contribution < 1.29 is 46.7 Å². The maximum absolute atomic E-state index is 13.9. The van der Waals surface area contributed by atoms with E-state index >= 15 is 0 Å². The number of hydrogen-bond donors (Lipinski definition) is 2. The Labute approximate surface area is 286 Å². The van der Waals surface area contributed by atoms with Crippen LogP contribution in [0.3, 0.4) is 0 Å². The number of amides is 1. The Balaban J connectivity index is 1.15. The van der Waals surface area contributed by atoms with Gasteiger partial charge in [0.15, 0.2) is 17.8 Å². The number of carbonyl (C=O) groups excluding carboxylic acids is 1. The highest BCUT2D eigenvalue weighted by molar-refractivity contribution is 7.89. The number of sulfonamides is 1. The molecule has 2 saturated heterocycles. The van der Waals surface area contributed by atoms with Gasteiger partial charge in [-0.05, 0) is 55.0 Å². The lowest BCUT2D eigenvalue weighted by atomic mass is 10.0. The van der Waals surface area contributed by atoms with E-state index in [1.807, 2.05) is 48.9 Å². The first kappa shape index (κ1) is 35.0. The standard InChI is InChI=1S/C34H44N4O10S/c1-23(2)18-38(49(41,42)26-8-9-30-31(17-26)47-22-46-30)19-29(39)28(36-34(40)48-32-20-45-33-27(32)10-15-44-33)16-24-4-6-25(7-5-24)43-14-3-12-37-13-11-35-21-37/h4-9,11,13,17,21,23,27-29,32-33,39H,3,10,12,14-16,18-20,22H2,1-2H3,(H,36,40). The SMILES string of the molecule is CC(C)CN(CC(O)C(Cc1ccc(OCCCn2ccnc2)cc1)NC(=O)OC1COC2OCCC12)S(=O)(=O)c1ccc2c(c1)OCO2. The highest BCUT2D eigenvalue weighted by Gasteiger charge is 2.44. The van der Waals surface area contributed by atoms with Crippen LogP contribution >= 0.6 is 0 Å². The molecule has 2 fully saturated rings. The van der Waals surface area contributed by atoms with Gasteiger partial charge in [0.2, 0.25) is 16.8 Å². The minimum absolute atomic E-state index is 0.0114. The van der Waals surface area contributed by atoms with Crippen LogP contribution in [0.5, 0.6) is 17.2 Å². The first-order valence-electron chi connectivity index (χ1n) is 16.6. The van der Waals surface area contributed by atoms with Crippen molar-refractivity contribution in [3.63, 3.8) is 0 Å². The Morgan fingerprint density at radius 3 is 2.71 bits per heavy atom. The fourth-order valence-corrected chi connectivity index (χ4v) is 7.82. The normalized spacial score (nSPS) is 21.1. The number of aromatic nitrogens is 2. The number of alkyl carbamates (subject to hydrolysis) is 1. The van der Waals surface area contributed by atoms with Gasteiger partial charge in [-0.1, -0.05) is 26.0 Å². The average molecular weight is 701 g/mol. The van der Waals surface area contributed by atoms with Crippen molar-refractivity contribution in [2.45, 2.75) is 69.1 Å². The molecule has 15 heteroatoms. The van der Waals surface area contributed by atoms with Gasteiger partial charge in [-0.3, -0.25) is 0 Å².